The lowest BCUT2D eigenvalue weighted by molar-refractivity contribution is -0.120. The lowest BCUT2D eigenvalue weighted by Crippen LogP contribution is -2.30. The number of nitrogens with one attached hydrogen (secondary N) is 1. The zero-order valence-electron chi connectivity index (χ0n) is 13.4. The van der Waals surface area contributed by atoms with E-state index in [1.807, 2.05) is 42.0 Å². The Morgan fingerprint density at radius 1 is 1.42 bits per heavy atom. The molecule has 24 heavy (non-hydrogen) atoms. The maximum atomic E-state index is 12.2. The minimum Gasteiger partial charge on any atom is -0.467 e. The normalized spacial score (nSPS) is 12.2. The molecule has 1 N–H and O–H groups in total. The fourth-order valence-electron chi connectivity index (χ4n) is 2.19. The summed E-state index contributed by atoms with van der Waals surface area (Å²) in [7, 11) is 0. The summed E-state index contributed by atoms with van der Waals surface area (Å²) in [6, 6.07) is 7.65. The first-order chi connectivity index (χ1) is 11.7. The van der Waals surface area contributed by atoms with Gasteiger partial charge in [0.15, 0.2) is 11.0 Å². The third kappa shape index (κ3) is 3.70. The molecule has 6 nitrogen and oxygen atoms in total. The largest absolute Gasteiger partial charge is 0.467 e. The zero-order valence-corrected chi connectivity index (χ0v) is 15.1. The van der Waals surface area contributed by atoms with Gasteiger partial charge in [0.05, 0.1) is 22.9 Å². The van der Waals surface area contributed by atoms with Crippen molar-refractivity contribution in [2.24, 2.45) is 0 Å². The molecule has 0 aliphatic carbocycles. The second kappa shape index (κ2) is 7.67. The zero-order chi connectivity index (χ0) is 16.9. The molecule has 0 aliphatic rings. The van der Waals surface area contributed by atoms with Crippen LogP contribution in [0, 0.1) is 0 Å². The Morgan fingerprint density at radius 3 is 2.96 bits per heavy atom. The Kier molecular flexibility index (Phi) is 5.37. The van der Waals surface area contributed by atoms with Crippen molar-refractivity contribution in [1.29, 1.82) is 0 Å². The first-order valence-electron chi connectivity index (χ1n) is 7.63. The quantitative estimate of drug-likeness (QED) is 0.652. The Hall–Kier alpha value is -2.06. The van der Waals surface area contributed by atoms with Gasteiger partial charge in [-0.1, -0.05) is 17.8 Å². The number of nitrogens with zero attached hydrogens (tertiary/aromatic N) is 3. The highest BCUT2D eigenvalue weighted by atomic mass is 32.2. The van der Waals surface area contributed by atoms with Gasteiger partial charge in [-0.05, 0) is 37.4 Å². The average Bonchev–Trinajstić information content (AvgIpc) is 3.32. The molecule has 126 valence electrons. The number of carbonyl (C=O) groups is 1. The smallest absolute Gasteiger partial charge is 0.233 e. The second-order valence-corrected chi connectivity index (χ2v) is 7.34. The highest BCUT2D eigenvalue weighted by Gasteiger charge is 2.20. The lowest BCUT2D eigenvalue weighted by atomic mass is 10.4. The predicted octanol–water partition coefficient (Wildman–Crippen LogP) is 3.42. The topological polar surface area (TPSA) is 73.0 Å². The van der Waals surface area contributed by atoms with Crippen LogP contribution >= 0.6 is 23.1 Å². The van der Waals surface area contributed by atoms with E-state index in [-0.39, 0.29) is 11.2 Å². The molecular formula is C16H18N4O2S2. The van der Waals surface area contributed by atoms with Crippen LogP contribution in [0.3, 0.4) is 0 Å². The molecule has 0 fully saturated rings. The minimum atomic E-state index is -0.273. The van der Waals surface area contributed by atoms with Crippen LogP contribution in [-0.4, -0.2) is 25.9 Å². The molecule has 3 aromatic rings. The van der Waals surface area contributed by atoms with E-state index in [0.29, 0.717) is 6.54 Å². The van der Waals surface area contributed by atoms with E-state index >= 15 is 0 Å². The van der Waals surface area contributed by atoms with Gasteiger partial charge in [-0.15, -0.1) is 21.5 Å². The molecule has 0 spiro atoms. The fraction of sp³-hybridized carbons (Fsp3) is 0.312. The molecule has 0 aliphatic heterocycles. The van der Waals surface area contributed by atoms with Gasteiger partial charge in [0.25, 0.3) is 0 Å². The number of thiophene rings is 1. The van der Waals surface area contributed by atoms with E-state index in [1.54, 1.807) is 23.7 Å². The summed E-state index contributed by atoms with van der Waals surface area (Å²) in [4.78, 5) is 13.3. The van der Waals surface area contributed by atoms with Crippen molar-refractivity contribution in [3.05, 3.63) is 41.7 Å². The molecule has 0 saturated heterocycles. The van der Waals surface area contributed by atoms with E-state index in [0.717, 1.165) is 28.2 Å². The van der Waals surface area contributed by atoms with Crippen LogP contribution in [0.25, 0.3) is 10.7 Å². The summed E-state index contributed by atoms with van der Waals surface area (Å²) in [5.41, 5.74) is 0. The van der Waals surface area contributed by atoms with Crippen molar-refractivity contribution in [3.8, 4) is 10.7 Å². The number of amides is 1. The van der Waals surface area contributed by atoms with Gasteiger partial charge in [0.1, 0.15) is 5.76 Å². The molecule has 0 radical (unpaired) electrons. The van der Waals surface area contributed by atoms with Crippen LogP contribution in [-0.2, 0) is 17.9 Å². The van der Waals surface area contributed by atoms with Crippen molar-refractivity contribution in [2.75, 3.05) is 0 Å². The molecule has 1 atom stereocenters. The molecule has 3 heterocycles. The summed E-state index contributed by atoms with van der Waals surface area (Å²) < 4.78 is 7.25. The number of carbonyl (C=O) groups excluding carboxylic acids is 1. The summed E-state index contributed by atoms with van der Waals surface area (Å²) in [5, 5.41) is 13.9. The van der Waals surface area contributed by atoms with Gasteiger partial charge in [0.2, 0.25) is 5.91 Å². The SMILES string of the molecule is CCn1c(SC(C)C(=O)NCc2ccco2)nnc1-c1cccs1. The van der Waals surface area contributed by atoms with Gasteiger partial charge in [-0.2, -0.15) is 0 Å². The summed E-state index contributed by atoms with van der Waals surface area (Å²) in [6.45, 7) is 5.05. The van der Waals surface area contributed by atoms with E-state index in [9.17, 15) is 4.79 Å². The Morgan fingerprint density at radius 2 is 2.29 bits per heavy atom. The Balaban J connectivity index is 1.65. The van der Waals surface area contributed by atoms with E-state index < -0.39 is 0 Å². The van der Waals surface area contributed by atoms with Gasteiger partial charge < -0.3 is 14.3 Å². The molecule has 0 aromatic carbocycles. The summed E-state index contributed by atoms with van der Waals surface area (Å²) in [6.07, 6.45) is 1.59. The molecule has 0 bridgehead atoms. The molecule has 8 heteroatoms. The van der Waals surface area contributed by atoms with Crippen LogP contribution in [0.5, 0.6) is 0 Å². The number of hydrogen-bond donors (Lipinski definition) is 1. The average molecular weight is 362 g/mol. The van der Waals surface area contributed by atoms with Crippen LogP contribution in [0.1, 0.15) is 19.6 Å². The third-order valence-electron chi connectivity index (χ3n) is 3.44. The summed E-state index contributed by atoms with van der Waals surface area (Å²) >= 11 is 3.04. The van der Waals surface area contributed by atoms with E-state index in [4.69, 9.17) is 4.42 Å². The highest BCUT2D eigenvalue weighted by Crippen LogP contribution is 2.29. The lowest BCUT2D eigenvalue weighted by Gasteiger charge is -2.12. The van der Waals surface area contributed by atoms with Crippen molar-refractivity contribution in [1.82, 2.24) is 20.1 Å². The number of thioether (sulfide) groups is 1. The van der Waals surface area contributed by atoms with Crippen molar-refractivity contribution in [3.63, 3.8) is 0 Å². The monoisotopic (exact) mass is 362 g/mol. The van der Waals surface area contributed by atoms with Crippen molar-refractivity contribution < 1.29 is 9.21 Å². The van der Waals surface area contributed by atoms with Crippen LogP contribution in [0.15, 0.2) is 45.5 Å². The molecule has 0 saturated carbocycles. The van der Waals surface area contributed by atoms with Crippen LogP contribution < -0.4 is 5.32 Å². The molecule has 1 unspecified atom stereocenters. The van der Waals surface area contributed by atoms with Gasteiger partial charge in [-0.3, -0.25) is 4.79 Å². The fourth-order valence-corrected chi connectivity index (χ4v) is 3.85. The predicted molar refractivity (Wildman–Crippen MR) is 94.9 cm³/mol. The maximum Gasteiger partial charge on any atom is 0.233 e. The molecular weight excluding hydrogens is 344 g/mol. The number of hydrogen-bond acceptors (Lipinski definition) is 6. The number of rotatable bonds is 7. The third-order valence-corrected chi connectivity index (χ3v) is 5.39. The van der Waals surface area contributed by atoms with Crippen molar-refractivity contribution in [2.45, 2.75) is 37.3 Å². The molecule has 3 rings (SSSR count). The number of aromatic nitrogens is 3. The first kappa shape index (κ1) is 16.8. The van der Waals surface area contributed by atoms with E-state index in [2.05, 4.69) is 15.5 Å². The van der Waals surface area contributed by atoms with Gasteiger partial charge in [0, 0.05) is 6.54 Å². The Labute approximate surface area is 148 Å². The molecule has 1 amide bonds. The van der Waals surface area contributed by atoms with Crippen LogP contribution in [0.4, 0.5) is 0 Å². The van der Waals surface area contributed by atoms with E-state index in [1.165, 1.54) is 11.8 Å². The van der Waals surface area contributed by atoms with Crippen molar-refractivity contribution >= 4 is 29.0 Å². The molecule has 3 aromatic heterocycles. The summed E-state index contributed by atoms with van der Waals surface area (Å²) in [5.74, 6) is 1.52. The van der Waals surface area contributed by atoms with Crippen LogP contribution in [0.2, 0.25) is 0 Å². The standard InChI is InChI=1S/C16H18N4O2S2/c1-3-20-14(13-7-5-9-23-13)18-19-16(20)24-11(2)15(21)17-10-12-6-4-8-22-12/h4-9,11H,3,10H2,1-2H3,(H,17,21). The number of furan rings is 1. The maximum absolute atomic E-state index is 12.2. The van der Waals surface area contributed by atoms with Gasteiger partial charge in [-0.25, -0.2) is 0 Å². The minimum absolute atomic E-state index is 0.0558. The second-order valence-electron chi connectivity index (χ2n) is 5.08. The Bertz CT molecular complexity index is 781. The highest BCUT2D eigenvalue weighted by molar-refractivity contribution is 8.00. The van der Waals surface area contributed by atoms with Gasteiger partial charge >= 0.3 is 0 Å². The first-order valence-corrected chi connectivity index (χ1v) is 9.38.